The summed E-state index contributed by atoms with van der Waals surface area (Å²) in [6, 6.07) is 9.31. The van der Waals surface area contributed by atoms with Gasteiger partial charge in [-0.3, -0.25) is 9.59 Å². The second kappa shape index (κ2) is 11.5. The third-order valence-corrected chi connectivity index (χ3v) is 6.37. The predicted molar refractivity (Wildman–Crippen MR) is 128 cm³/mol. The molecule has 1 aliphatic rings. The predicted octanol–water partition coefficient (Wildman–Crippen LogP) is 5.17. The van der Waals surface area contributed by atoms with Gasteiger partial charge in [-0.2, -0.15) is 0 Å². The summed E-state index contributed by atoms with van der Waals surface area (Å²) < 4.78 is 11.1. The van der Waals surface area contributed by atoms with Crippen LogP contribution in [0.15, 0.2) is 34.7 Å². The third-order valence-electron chi connectivity index (χ3n) is 6.37. The number of furan rings is 1. The number of amides is 2. The lowest BCUT2D eigenvalue weighted by atomic mass is 9.97. The van der Waals surface area contributed by atoms with Gasteiger partial charge in [-0.1, -0.05) is 56.5 Å². The van der Waals surface area contributed by atoms with Crippen molar-refractivity contribution >= 4 is 17.8 Å². The number of ether oxygens (including phenoxy) is 1. The molecule has 0 saturated carbocycles. The van der Waals surface area contributed by atoms with Crippen LogP contribution in [0.2, 0.25) is 0 Å². The molecule has 0 spiro atoms. The van der Waals surface area contributed by atoms with Crippen molar-refractivity contribution in [3.8, 4) is 11.1 Å². The monoisotopic (exact) mass is 469 g/mol. The van der Waals surface area contributed by atoms with Crippen molar-refractivity contribution in [1.29, 1.82) is 0 Å². The molecule has 184 valence electrons. The first-order valence-corrected chi connectivity index (χ1v) is 12.1. The molecule has 1 aromatic heterocycles. The summed E-state index contributed by atoms with van der Waals surface area (Å²) in [5.41, 5.74) is 2.89. The van der Waals surface area contributed by atoms with Gasteiger partial charge in [0.2, 0.25) is 11.7 Å². The normalized spacial score (nSPS) is 16.7. The summed E-state index contributed by atoms with van der Waals surface area (Å²) in [5, 5.41) is 8.99. The fourth-order valence-electron chi connectivity index (χ4n) is 4.26. The number of hydrogen-bond acceptors (Lipinski definition) is 6. The smallest absolute Gasteiger partial charge is 0.417 e. The molecule has 1 fully saturated rings. The maximum Gasteiger partial charge on any atom is 0.417 e. The Hall–Kier alpha value is -2.93. The lowest BCUT2D eigenvalue weighted by Crippen LogP contribution is -2.45. The molecule has 0 aliphatic carbocycles. The first-order chi connectivity index (χ1) is 16.2. The van der Waals surface area contributed by atoms with Crippen LogP contribution >= 0.6 is 0 Å². The van der Waals surface area contributed by atoms with E-state index in [1.807, 2.05) is 45.0 Å². The number of carbonyl (C=O) groups is 3. The second-order valence-electron chi connectivity index (χ2n) is 9.39. The molecule has 1 aliphatic heterocycles. The maximum absolute atomic E-state index is 13.3. The van der Waals surface area contributed by atoms with E-state index in [-0.39, 0.29) is 30.9 Å². The van der Waals surface area contributed by atoms with E-state index in [2.05, 4.69) is 0 Å². The maximum atomic E-state index is 13.3. The number of nitrogens with zero attached hydrogens (tertiary/aromatic N) is 1. The molecule has 7 heteroatoms. The van der Waals surface area contributed by atoms with Gasteiger partial charge in [-0.15, -0.1) is 0 Å². The number of Topliss-reactive ketones (excluding diaryl/α,β-unsaturated/α-hetero) is 1. The minimum absolute atomic E-state index is 0.0201. The fourth-order valence-corrected chi connectivity index (χ4v) is 4.26. The van der Waals surface area contributed by atoms with Crippen LogP contribution in [-0.4, -0.2) is 47.0 Å². The Kier molecular flexibility index (Phi) is 8.67. The minimum Gasteiger partial charge on any atom is -0.457 e. The number of hydrogen-bond donors (Lipinski definition) is 1. The highest BCUT2D eigenvalue weighted by atomic mass is 16.6. The molecule has 2 heterocycles. The summed E-state index contributed by atoms with van der Waals surface area (Å²) in [5.74, 6) is -1.24. The number of cyclic esters (lactones) is 1. The molecule has 1 saturated heterocycles. The van der Waals surface area contributed by atoms with E-state index in [0.717, 1.165) is 47.3 Å². The average Bonchev–Trinajstić information content (AvgIpc) is 3.41. The molecule has 2 unspecified atom stereocenters. The fraction of sp³-hybridized carbons (Fsp3) is 0.519. The first kappa shape index (κ1) is 25.7. The Morgan fingerprint density at radius 2 is 1.85 bits per heavy atom. The average molecular weight is 470 g/mol. The van der Waals surface area contributed by atoms with E-state index in [4.69, 9.17) is 14.3 Å². The van der Waals surface area contributed by atoms with Crippen molar-refractivity contribution in [3.63, 3.8) is 0 Å². The number of unbranched alkanes of at least 4 members (excludes halogenated alkanes) is 3. The van der Waals surface area contributed by atoms with E-state index in [9.17, 15) is 14.4 Å². The highest BCUT2D eigenvalue weighted by molar-refractivity contribution is 6.12. The van der Waals surface area contributed by atoms with Gasteiger partial charge in [0.15, 0.2) is 5.76 Å². The van der Waals surface area contributed by atoms with Crippen molar-refractivity contribution in [1.82, 2.24) is 4.90 Å². The van der Waals surface area contributed by atoms with Gasteiger partial charge in [0.1, 0.15) is 18.3 Å². The largest absolute Gasteiger partial charge is 0.457 e. The standard InChI is InChI=1S/C27H35NO6/c1-17(2)22-16-33-27(32)28(22)26(31)19(4)25(30)24-15-21(20-11-9-10-18(3)14-20)23(34-24)12-7-5-6-8-13-29/h9-11,14-15,17,19,22,29H,5-8,12-13,16H2,1-4H3. The summed E-state index contributed by atoms with van der Waals surface area (Å²) >= 11 is 0. The van der Waals surface area contributed by atoms with E-state index in [1.165, 1.54) is 6.92 Å². The molecule has 1 N–H and O–H groups in total. The van der Waals surface area contributed by atoms with Crippen molar-refractivity contribution in [2.45, 2.75) is 65.8 Å². The first-order valence-electron chi connectivity index (χ1n) is 12.1. The molecule has 0 radical (unpaired) electrons. The lowest BCUT2D eigenvalue weighted by molar-refractivity contribution is -0.132. The summed E-state index contributed by atoms with van der Waals surface area (Å²) in [6.45, 7) is 7.66. The van der Waals surface area contributed by atoms with Gasteiger partial charge in [0.25, 0.3) is 0 Å². The van der Waals surface area contributed by atoms with Crippen LogP contribution in [0.25, 0.3) is 11.1 Å². The van der Waals surface area contributed by atoms with E-state index in [0.29, 0.717) is 12.2 Å². The zero-order valence-corrected chi connectivity index (χ0v) is 20.5. The van der Waals surface area contributed by atoms with E-state index < -0.39 is 23.7 Å². The number of imide groups is 1. The zero-order chi connectivity index (χ0) is 24.8. The van der Waals surface area contributed by atoms with Gasteiger partial charge < -0.3 is 14.3 Å². The highest BCUT2D eigenvalue weighted by Gasteiger charge is 2.43. The molecule has 3 rings (SSSR count). The van der Waals surface area contributed by atoms with Crippen LogP contribution in [0.1, 0.15) is 68.3 Å². The Morgan fingerprint density at radius 3 is 2.53 bits per heavy atom. The van der Waals surface area contributed by atoms with Gasteiger partial charge in [-0.05, 0) is 44.2 Å². The topological polar surface area (TPSA) is 97.1 Å². The molecule has 34 heavy (non-hydrogen) atoms. The number of rotatable bonds is 11. The van der Waals surface area contributed by atoms with Crippen LogP contribution in [0.3, 0.4) is 0 Å². The van der Waals surface area contributed by atoms with Crippen molar-refractivity contribution in [3.05, 3.63) is 47.4 Å². The van der Waals surface area contributed by atoms with Crippen molar-refractivity contribution in [2.75, 3.05) is 13.2 Å². The molecule has 2 aromatic rings. The molecule has 7 nitrogen and oxygen atoms in total. The Morgan fingerprint density at radius 1 is 1.12 bits per heavy atom. The summed E-state index contributed by atoms with van der Waals surface area (Å²) in [7, 11) is 0. The number of benzene rings is 1. The second-order valence-corrected chi connectivity index (χ2v) is 9.39. The van der Waals surface area contributed by atoms with E-state index >= 15 is 0 Å². The van der Waals surface area contributed by atoms with Crippen molar-refractivity contribution in [2.24, 2.45) is 11.8 Å². The van der Waals surface area contributed by atoms with Crippen LogP contribution in [-0.2, 0) is 16.0 Å². The van der Waals surface area contributed by atoms with Gasteiger partial charge in [0.05, 0.1) is 6.04 Å². The molecule has 0 bridgehead atoms. The molecule has 2 atom stereocenters. The Labute approximate surface area is 201 Å². The van der Waals surface area contributed by atoms with Crippen LogP contribution in [0.5, 0.6) is 0 Å². The number of aryl methyl sites for hydroxylation is 2. The Bertz CT molecular complexity index is 1020. The van der Waals surface area contributed by atoms with Crippen molar-refractivity contribution < 1.29 is 28.6 Å². The highest BCUT2D eigenvalue weighted by Crippen LogP contribution is 2.31. The SMILES string of the molecule is Cc1cccc(-c2cc(C(=O)C(C)C(=O)N3C(=O)OCC3C(C)C)oc2CCCCCCO)c1. The van der Waals surface area contributed by atoms with Gasteiger partial charge in [0, 0.05) is 18.6 Å². The quantitative estimate of drug-likeness (QED) is 0.277. The number of aliphatic hydroxyl groups excluding tert-OH is 1. The molecular weight excluding hydrogens is 434 g/mol. The number of carbonyl (C=O) groups excluding carboxylic acids is 3. The summed E-state index contributed by atoms with van der Waals surface area (Å²) in [4.78, 5) is 39.7. The Balaban J connectivity index is 1.84. The zero-order valence-electron chi connectivity index (χ0n) is 20.5. The van der Waals surface area contributed by atoms with Crippen LogP contribution < -0.4 is 0 Å². The molecule has 1 aromatic carbocycles. The van der Waals surface area contributed by atoms with Gasteiger partial charge in [-0.25, -0.2) is 9.69 Å². The summed E-state index contributed by atoms with van der Waals surface area (Å²) in [6.07, 6.45) is 3.45. The van der Waals surface area contributed by atoms with E-state index in [1.54, 1.807) is 6.07 Å². The van der Waals surface area contributed by atoms with Crippen LogP contribution in [0.4, 0.5) is 4.79 Å². The third kappa shape index (κ3) is 5.76. The molecular formula is C27H35NO6. The van der Waals surface area contributed by atoms with Crippen LogP contribution in [0, 0.1) is 18.8 Å². The molecule has 2 amide bonds. The number of aliphatic hydroxyl groups is 1. The number of ketones is 1. The lowest BCUT2D eigenvalue weighted by Gasteiger charge is -2.24. The van der Waals surface area contributed by atoms with Gasteiger partial charge >= 0.3 is 6.09 Å². The minimum atomic E-state index is -1.07.